The minimum Gasteiger partial charge on any atom is -0.495 e. The zero-order valence-electron chi connectivity index (χ0n) is 23.1. The molecule has 3 aromatic carbocycles. The Morgan fingerprint density at radius 2 is 1.69 bits per heavy atom. The van der Waals surface area contributed by atoms with Crippen molar-refractivity contribution in [3.05, 3.63) is 98.0 Å². The van der Waals surface area contributed by atoms with E-state index >= 15 is 0 Å². The van der Waals surface area contributed by atoms with Gasteiger partial charge in [-0.2, -0.15) is 0 Å². The number of methoxy groups -OCH3 is 1. The molecule has 0 aliphatic heterocycles. The molecule has 1 atom stereocenters. The molecule has 0 saturated heterocycles. The maximum atomic E-state index is 14.1. The average Bonchev–Trinajstić information content (AvgIpc) is 2.94. The Hall–Kier alpha value is -3.87. The molecular weight excluding hydrogens is 607 g/mol. The normalized spacial score (nSPS) is 11.8. The summed E-state index contributed by atoms with van der Waals surface area (Å²) >= 11 is 12.9. The lowest BCUT2D eigenvalue weighted by atomic mass is 10.0. The molecule has 0 heterocycles. The SMILES string of the molecule is CCNC(=O)[C@H](Cc1ccccc1)N(Cc1c(Cl)cccc1Cl)C(=O)CN(c1cc([N+](=O)[O-])ccc1OC)S(C)(=O)=O. The molecule has 11 nitrogen and oxygen atoms in total. The van der Waals surface area contributed by atoms with Crippen LogP contribution in [0.25, 0.3) is 0 Å². The number of carbonyl (C=O) groups is 2. The van der Waals surface area contributed by atoms with Crippen molar-refractivity contribution in [2.24, 2.45) is 0 Å². The van der Waals surface area contributed by atoms with Gasteiger partial charge in [0, 0.05) is 47.3 Å². The van der Waals surface area contributed by atoms with Crippen molar-refractivity contribution in [1.29, 1.82) is 0 Å². The molecule has 3 rings (SSSR count). The first-order valence-electron chi connectivity index (χ1n) is 12.7. The van der Waals surface area contributed by atoms with Crippen LogP contribution < -0.4 is 14.4 Å². The lowest BCUT2D eigenvalue weighted by molar-refractivity contribution is -0.384. The largest absolute Gasteiger partial charge is 0.495 e. The number of hydrogen-bond acceptors (Lipinski definition) is 7. The van der Waals surface area contributed by atoms with Crippen molar-refractivity contribution in [2.75, 3.05) is 30.8 Å². The summed E-state index contributed by atoms with van der Waals surface area (Å²) in [4.78, 5) is 39.6. The number of non-ortho nitro benzene ring substituents is 1. The number of sulfonamides is 1. The number of anilines is 1. The van der Waals surface area contributed by atoms with E-state index in [2.05, 4.69) is 5.32 Å². The first-order chi connectivity index (χ1) is 19.9. The second-order valence-corrected chi connectivity index (χ2v) is 11.9. The van der Waals surface area contributed by atoms with Crippen LogP contribution in [0.15, 0.2) is 66.7 Å². The van der Waals surface area contributed by atoms with Gasteiger partial charge in [0.25, 0.3) is 5.69 Å². The van der Waals surface area contributed by atoms with Crippen LogP contribution in [0, 0.1) is 10.1 Å². The predicted molar refractivity (Wildman–Crippen MR) is 161 cm³/mol. The Morgan fingerprint density at radius 1 is 1.05 bits per heavy atom. The molecule has 1 N–H and O–H groups in total. The number of amides is 2. The smallest absolute Gasteiger partial charge is 0.271 e. The van der Waals surface area contributed by atoms with E-state index in [0.29, 0.717) is 9.87 Å². The molecular formula is C28H30Cl2N4O7S. The molecule has 0 fully saturated rings. The Balaban J connectivity index is 2.16. The van der Waals surface area contributed by atoms with E-state index in [0.717, 1.165) is 24.0 Å². The van der Waals surface area contributed by atoms with E-state index in [1.165, 1.54) is 18.1 Å². The Kier molecular flexibility index (Phi) is 11.1. The van der Waals surface area contributed by atoms with Crippen molar-refractivity contribution in [3.8, 4) is 5.75 Å². The topological polar surface area (TPSA) is 139 Å². The highest BCUT2D eigenvalue weighted by Crippen LogP contribution is 2.34. The summed E-state index contributed by atoms with van der Waals surface area (Å²) in [6.07, 6.45) is 0.957. The lowest BCUT2D eigenvalue weighted by Gasteiger charge is -2.34. The number of hydrogen-bond donors (Lipinski definition) is 1. The second kappa shape index (κ2) is 14.3. The van der Waals surface area contributed by atoms with E-state index in [1.54, 1.807) is 49.4 Å². The third kappa shape index (κ3) is 8.11. The van der Waals surface area contributed by atoms with Crippen LogP contribution in [0.1, 0.15) is 18.1 Å². The molecule has 42 heavy (non-hydrogen) atoms. The van der Waals surface area contributed by atoms with Gasteiger partial charge in [-0.15, -0.1) is 0 Å². The van der Waals surface area contributed by atoms with E-state index in [1.807, 2.05) is 6.07 Å². The Labute approximate surface area is 254 Å². The highest BCUT2D eigenvalue weighted by atomic mass is 35.5. The number of nitro benzene ring substituents is 1. The molecule has 0 aliphatic carbocycles. The number of nitro groups is 1. The van der Waals surface area contributed by atoms with Crippen molar-refractivity contribution >= 4 is 56.4 Å². The number of likely N-dealkylation sites (N-methyl/N-ethyl adjacent to an activating group) is 1. The van der Waals surface area contributed by atoms with Crippen molar-refractivity contribution in [3.63, 3.8) is 0 Å². The second-order valence-electron chi connectivity index (χ2n) is 9.20. The zero-order chi connectivity index (χ0) is 31.0. The summed E-state index contributed by atoms with van der Waals surface area (Å²) in [5, 5.41) is 14.7. The molecule has 3 aromatic rings. The third-order valence-corrected chi connectivity index (χ3v) is 8.17. The van der Waals surface area contributed by atoms with Crippen LogP contribution in [-0.2, 0) is 32.6 Å². The molecule has 0 spiro atoms. The number of halogens is 2. The van der Waals surface area contributed by atoms with Crippen LogP contribution in [0.3, 0.4) is 0 Å². The number of carbonyl (C=O) groups excluding carboxylic acids is 2. The highest BCUT2D eigenvalue weighted by Gasteiger charge is 2.34. The number of nitrogens with zero attached hydrogens (tertiary/aromatic N) is 3. The summed E-state index contributed by atoms with van der Waals surface area (Å²) in [5.74, 6) is -1.27. The summed E-state index contributed by atoms with van der Waals surface area (Å²) in [7, 11) is -2.93. The van der Waals surface area contributed by atoms with E-state index in [4.69, 9.17) is 27.9 Å². The molecule has 224 valence electrons. The van der Waals surface area contributed by atoms with Gasteiger partial charge in [-0.1, -0.05) is 59.6 Å². The van der Waals surface area contributed by atoms with Gasteiger partial charge in [-0.05, 0) is 30.7 Å². The van der Waals surface area contributed by atoms with Gasteiger partial charge < -0.3 is 15.0 Å². The predicted octanol–water partition coefficient (Wildman–Crippen LogP) is 4.45. The maximum absolute atomic E-state index is 14.1. The average molecular weight is 638 g/mol. The zero-order valence-corrected chi connectivity index (χ0v) is 25.4. The van der Waals surface area contributed by atoms with Gasteiger partial charge in [0.05, 0.1) is 18.3 Å². The van der Waals surface area contributed by atoms with Gasteiger partial charge in [0.15, 0.2) is 0 Å². The number of ether oxygens (including phenoxy) is 1. The molecule has 0 bridgehead atoms. The standard InChI is InChI=1S/C28H30Cl2N4O7S/c1-4-31-28(36)25(15-19-9-6-5-7-10-19)32(17-21-22(29)11-8-12-23(21)30)27(35)18-33(42(3,39)40)24-16-20(34(37)38)13-14-26(24)41-2/h5-14,16,25H,4,15,17-18H2,1-3H3,(H,31,36)/t25-/m0/s1. The van der Waals surface area contributed by atoms with Crippen molar-refractivity contribution < 1.29 is 27.7 Å². The number of rotatable bonds is 13. The molecule has 0 unspecified atom stereocenters. The van der Waals surface area contributed by atoms with E-state index < -0.39 is 45.0 Å². The summed E-state index contributed by atoms with van der Waals surface area (Å²) in [6.45, 7) is 0.979. The van der Waals surface area contributed by atoms with Gasteiger partial charge in [0.2, 0.25) is 21.8 Å². The van der Waals surface area contributed by atoms with Gasteiger partial charge >= 0.3 is 0 Å². The van der Waals surface area contributed by atoms with Crippen LogP contribution in [0.2, 0.25) is 10.0 Å². The van der Waals surface area contributed by atoms with Crippen molar-refractivity contribution in [2.45, 2.75) is 25.9 Å². The number of nitrogens with one attached hydrogen (secondary N) is 1. The maximum Gasteiger partial charge on any atom is 0.271 e. The summed E-state index contributed by atoms with van der Waals surface area (Å²) in [6, 6.07) is 16.1. The van der Waals surface area contributed by atoms with Crippen LogP contribution >= 0.6 is 23.2 Å². The van der Waals surface area contributed by atoms with Gasteiger partial charge in [-0.25, -0.2) is 8.42 Å². The quantitative estimate of drug-likeness (QED) is 0.216. The molecule has 0 saturated carbocycles. The first kappa shape index (κ1) is 32.6. The Morgan fingerprint density at radius 3 is 2.24 bits per heavy atom. The monoisotopic (exact) mass is 636 g/mol. The fourth-order valence-corrected chi connectivity index (χ4v) is 5.64. The molecule has 0 radical (unpaired) electrons. The molecule has 0 aromatic heterocycles. The lowest BCUT2D eigenvalue weighted by Crippen LogP contribution is -2.53. The van der Waals surface area contributed by atoms with Crippen LogP contribution in [0.5, 0.6) is 5.75 Å². The van der Waals surface area contributed by atoms with Gasteiger partial charge in [0.1, 0.15) is 24.0 Å². The molecule has 14 heteroatoms. The minimum absolute atomic E-state index is 0.0101. The fourth-order valence-electron chi connectivity index (χ4n) is 4.28. The Bertz CT molecular complexity index is 1530. The third-order valence-electron chi connectivity index (χ3n) is 6.33. The summed E-state index contributed by atoms with van der Waals surface area (Å²) < 4.78 is 32.0. The minimum atomic E-state index is -4.20. The first-order valence-corrected chi connectivity index (χ1v) is 15.3. The van der Waals surface area contributed by atoms with E-state index in [9.17, 15) is 28.1 Å². The fraction of sp³-hybridized carbons (Fsp3) is 0.286. The van der Waals surface area contributed by atoms with Crippen LogP contribution in [0.4, 0.5) is 11.4 Å². The van der Waals surface area contributed by atoms with Gasteiger partial charge in [-0.3, -0.25) is 24.0 Å². The molecule has 0 aliphatic rings. The molecule has 2 amide bonds. The summed E-state index contributed by atoms with van der Waals surface area (Å²) in [5.41, 5.74) is 0.485. The van der Waals surface area contributed by atoms with E-state index in [-0.39, 0.29) is 41.0 Å². The van der Waals surface area contributed by atoms with Crippen molar-refractivity contribution in [1.82, 2.24) is 10.2 Å². The van der Waals surface area contributed by atoms with Crippen LogP contribution in [-0.4, -0.2) is 62.6 Å². The number of benzene rings is 3. The highest BCUT2D eigenvalue weighted by molar-refractivity contribution is 7.92.